The molecule has 1 aromatic heterocycles. The number of morpholine rings is 1. The number of ether oxygens (including phenoxy) is 2. The second kappa shape index (κ2) is 10.4. The van der Waals surface area contributed by atoms with Crippen molar-refractivity contribution < 1.29 is 14.6 Å². The third-order valence-electron chi connectivity index (χ3n) is 4.31. The second-order valence-electron chi connectivity index (χ2n) is 6.22. The summed E-state index contributed by atoms with van der Waals surface area (Å²) in [6.07, 6.45) is -0.499. The molecule has 1 aliphatic rings. The van der Waals surface area contributed by atoms with E-state index in [9.17, 15) is 5.11 Å². The fourth-order valence-electron chi connectivity index (χ4n) is 2.85. The molecule has 1 aliphatic heterocycles. The summed E-state index contributed by atoms with van der Waals surface area (Å²) in [5, 5.41) is 15.6. The monoisotopic (exact) mass is 440 g/mol. The molecule has 0 aliphatic carbocycles. The molecule has 1 atom stereocenters. The van der Waals surface area contributed by atoms with E-state index >= 15 is 0 Å². The predicted molar refractivity (Wildman–Crippen MR) is 108 cm³/mol. The molecule has 7 heteroatoms. The predicted octanol–water partition coefficient (Wildman–Crippen LogP) is 3.04. The normalized spacial score (nSPS) is 16.5. The van der Waals surface area contributed by atoms with Gasteiger partial charge in [0.2, 0.25) is 0 Å². The van der Waals surface area contributed by atoms with Crippen molar-refractivity contribution in [3.63, 3.8) is 0 Å². The molecule has 1 unspecified atom stereocenters. The molecule has 2 heterocycles. The van der Waals surface area contributed by atoms with Gasteiger partial charge in [0, 0.05) is 53.0 Å². The molecule has 0 spiro atoms. The Labute approximate surface area is 167 Å². The highest BCUT2D eigenvalue weighted by molar-refractivity contribution is 9.10. The van der Waals surface area contributed by atoms with Crippen molar-refractivity contribution in [3.05, 3.63) is 50.6 Å². The Morgan fingerprint density at radius 2 is 2.12 bits per heavy atom. The summed E-state index contributed by atoms with van der Waals surface area (Å²) in [5.41, 5.74) is 1.11. The van der Waals surface area contributed by atoms with Crippen molar-refractivity contribution in [2.24, 2.45) is 0 Å². The fraction of sp³-hybridized carbons (Fsp3) is 0.474. The van der Waals surface area contributed by atoms with Gasteiger partial charge in [-0.05, 0) is 28.1 Å². The zero-order valence-electron chi connectivity index (χ0n) is 14.7. The molecule has 26 heavy (non-hydrogen) atoms. The topological polar surface area (TPSA) is 54.0 Å². The Kier molecular flexibility index (Phi) is 7.91. The first-order valence-electron chi connectivity index (χ1n) is 8.86. The van der Waals surface area contributed by atoms with Crippen LogP contribution >= 0.6 is 27.3 Å². The van der Waals surface area contributed by atoms with Crippen molar-refractivity contribution in [3.8, 4) is 5.75 Å². The van der Waals surface area contributed by atoms with Gasteiger partial charge in [-0.1, -0.05) is 18.2 Å². The van der Waals surface area contributed by atoms with E-state index in [0.717, 1.165) is 53.5 Å². The van der Waals surface area contributed by atoms with Crippen LogP contribution in [0.1, 0.15) is 16.5 Å². The smallest absolute Gasteiger partial charge is 0.123 e. The maximum atomic E-state index is 10.2. The fourth-order valence-corrected chi connectivity index (χ4v) is 4.28. The van der Waals surface area contributed by atoms with E-state index in [1.807, 2.05) is 29.6 Å². The number of benzene rings is 1. The van der Waals surface area contributed by atoms with Crippen LogP contribution in [0.2, 0.25) is 0 Å². The Balaban J connectivity index is 1.44. The molecular weight excluding hydrogens is 416 g/mol. The van der Waals surface area contributed by atoms with E-state index in [-0.39, 0.29) is 0 Å². The van der Waals surface area contributed by atoms with E-state index in [4.69, 9.17) is 9.47 Å². The number of nitrogens with zero attached hydrogens (tertiary/aromatic N) is 1. The van der Waals surface area contributed by atoms with Crippen LogP contribution in [0.3, 0.4) is 0 Å². The standard InChI is InChI=1S/C19H25BrN2O3S/c20-16-11-19(26-14-16)17(23)13-21-12-15-3-1-2-4-18(15)25-10-7-22-5-8-24-9-6-22/h1-4,11,14,17,21,23H,5-10,12-13H2. The molecule has 1 aromatic carbocycles. The minimum atomic E-state index is -0.499. The lowest BCUT2D eigenvalue weighted by Crippen LogP contribution is -2.38. The van der Waals surface area contributed by atoms with Crippen molar-refractivity contribution in [2.75, 3.05) is 46.0 Å². The summed E-state index contributed by atoms with van der Waals surface area (Å²) in [5.74, 6) is 0.904. The van der Waals surface area contributed by atoms with Gasteiger partial charge in [-0.2, -0.15) is 0 Å². The van der Waals surface area contributed by atoms with Crippen molar-refractivity contribution in [1.29, 1.82) is 0 Å². The maximum Gasteiger partial charge on any atom is 0.123 e. The van der Waals surface area contributed by atoms with Gasteiger partial charge in [-0.3, -0.25) is 4.90 Å². The first kappa shape index (κ1) is 19.8. The summed E-state index contributed by atoms with van der Waals surface area (Å²) in [6, 6.07) is 10.0. The number of aliphatic hydroxyl groups excluding tert-OH is 1. The van der Waals surface area contributed by atoms with Gasteiger partial charge in [0.05, 0.1) is 13.2 Å². The molecular formula is C19H25BrN2O3S. The molecule has 0 bridgehead atoms. The van der Waals surface area contributed by atoms with Crippen LogP contribution in [0.5, 0.6) is 5.75 Å². The van der Waals surface area contributed by atoms with Gasteiger partial charge < -0.3 is 19.9 Å². The third kappa shape index (κ3) is 6.04. The second-order valence-corrected chi connectivity index (χ2v) is 8.08. The van der Waals surface area contributed by atoms with Gasteiger partial charge in [0.15, 0.2) is 0 Å². The van der Waals surface area contributed by atoms with E-state index < -0.39 is 6.10 Å². The lowest BCUT2D eigenvalue weighted by molar-refractivity contribution is 0.0322. The van der Waals surface area contributed by atoms with Crippen molar-refractivity contribution in [1.82, 2.24) is 10.2 Å². The van der Waals surface area contributed by atoms with Crippen molar-refractivity contribution in [2.45, 2.75) is 12.6 Å². The minimum absolute atomic E-state index is 0.499. The number of aliphatic hydroxyl groups is 1. The van der Waals surface area contributed by atoms with Crippen LogP contribution in [0.4, 0.5) is 0 Å². The Morgan fingerprint density at radius 1 is 1.31 bits per heavy atom. The summed E-state index contributed by atoms with van der Waals surface area (Å²) in [6.45, 7) is 6.33. The van der Waals surface area contributed by atoms with Gasteiger partial charge in [-0.15, -0.1) is 11.3 Å². The molecule has 3 rings (SSSR count). The average molecular weight is 441 g/mol. The zero-order chi connectivity index (χ0) is 18.2. The SMILES string of the molecule is OC(CNCc1ccccc1OCCN1CCOCC1)c1cc(Br)cs1. The molecule has 0 radical (unpaired) electrons. The molecule has 2 aromatic rings. The van der Waals surface area contributed by atoms with Gasteiger partial charge >= 0.3 is 0 Å². The van der Waals surface area contributed by atoms with Crippen LogP contribution in [0, 0.1) is 0 Å². The molecule has 142 valence electrons. The highest BCUT2D eigenvalue weighted by Gasteiger charge is 2.12. The van der Waals surface area contributed by atoms with Gasteiger partial charge in [0.1, 0.15) is 18.5 Å². The molecule has 0 saturated carbocycles. The Morgan fingerprint density at radius 3 is 2.88 bits per heavy atom. The molecule has 1 saturated heterocycles. The first-order valence-corrected chi connectivity index (χ1v) is 10.5. The quantitative estimate of drug-likeness (QED) is 0.627. The number of hydrogen-bond donors (Lipinski definition) is 2. The molecule has 5 nitrogen and oxygen atoms in total. The van der Waals surface area contributed by atoms with Gasteiger partial charge in [-0.25, -0.2) is 0 Å². The lowest BCUT2D eigenvalue weighted by atomic mass is 10.2. The number of para-hydroxylation sites is 1. The first-order chi connectivity index (χ1) is 12.7. The highest BCUT2D eigenvalue weighted by atomic mass is 79.9. The number of rotatable bonds is 9. The Bertz CT molecular complexity index is 676. The van der Waals surface area contributed by atoms with Gasteiger partial charge in [0.25, 0.3) is 0 Å². The van der Waals surface area contributed by atoms with Crippen LogP contribution < -0.4 is 10.1 Å². The third-order valence-corrected chi connectivity index (χ3v) is 6.11. The minimum Gasteiger partial charge on any atom is -0.492 e. The van der Waals surface area contributed by atoms with Crippen molar-refractivity contribution >= 4 is 27.3 Å². The molecule has 0 amide bonds. The van der Waals surface area contributed by atoms with E-state index in [2.05, 4.69) is 32.2 Å². The maximum absolute atomic E-state index is 10.2. The van der Waals surface area contributed by atoms with E-state index in [1.165, 1.54) is 0 Å². The lowest BCUT2D eigenvalue weighted by Gasteiger charge is -2.26. The largest absolute Gasteiger partial charge is 0.492 e. The van der Waals surface area contributed by atoms with E-state index in [1.54, 1.807) is 11.3 Å². The summed E-state index contributed by atoms with van der Waals surface area (Å²) >= 11 is 4.98. The zero-order valence-corrected chi connectivity index (χ0v) is 17.1. The number of hydrogen-bond acceptors (Lipinski definition) is 6. The summed E-state index contributed by atoms with van der Waals surface area (Å²) < 4.78 is 12.4. The van der Waals surface area contributed by atoms with Crippen LogP contribution in [0.15, 0.2) is 40.2 Å². The van der Waals surface area contributed by atoms with E-state index in [0.29, 0.717) is 19.7 Å². The van der Waals surface area contributed by atoms with Crippen LogP contribution in [0.25, 0.3) is 0 Å². The number of halogens is 1. The summed E-state index contributed by atoms with van der Waals surface area (Å²) in [4.78, 5) is 3.32. The number of nitrogens with one attached hydrogen (secondary N) is 1. The Hall–Kier alpha value is -0.960. The number of thiophene rings is 1. The highest BCUT2D eigenvalue weighted by Crippen LogP contribution is 2.25. The van der Waals surface area contributed by atoms with Crippen LogP contribution in [-0.4, -0.2) is 56.0 Å². The molecule has 2 N–H and O–H groups in total. The average Bonchev–Trinajstić information content (AvgIpc) is 3.10. The molecule has 1 fully saturated rings. The summed E-state index contributed by atoms with van der Waals surface area (Å²) in [7, 11) is 0. The van der Waals surface area contributed by atoms with Crippen LogP contribution in [-0.2, 0) is 11.3 Å².